The maximum atomic E-state index is 4.04. The fraction of sp³-hybridized carbons (Fsp3) is 0.203. The van der Waals surface area contributed by atoms with Crippen molar-refractivity contribution in [2.45, 2.75) is 92.4 Å². The Morgan fingerprint density at radius 2 is 0.446 bits per heavy atom. The Morgan fingerprint density at radius 1 is 0.270 bits per heavy atom. The van der Waals surface area contributed by atoms with Crippen LogP contribution in [0.3, 0.4) is 0 Å². The van der Waals surface area contributed by atoms with E-state index in [1.165, 1.54) is 66.3 Å². The van der Waals surface area contributed by atoms with Crippen molar-refractivity contribution in [3.8, 4) is 0 Å². The second kappa shape index (κ2) is 24.7. The van der Waals surface area contributed by atoms with Crippen LogP contribution >= 0.6 is 0 Å². The minimum atomic E-state index is 1.06. The molecule has 0 atom stereocenters. The Kier molecular flexibility index (Phi) is 17.0. The normalized spacial score (nSPS) is 11.0. The second-order valence-corrected chi connectivity index (χ2v) is 19.7. The molecule has 0 amide bonds. The summed E-state index contributed by atoms with van der Waals surface area (Å²) in [6.07, 6.45) is 10.5. The Bertz CT molecular complexity index is 3100. The van der Waals surface area contributed by atoms with Gasteiger partial charge in [-0.1, -0.05) is 112 Å². The number of hydrogen-bond acceptors (Lipinski definition) is 4. The van der Waals surface area contributed by atoms with Crippen molar-refractivity contribution in [3.63, 3.8) is 0 Å². The van der Waals surface area contributed by atoms with E-state index in [4.69, 9.17) is 0 Å². The van der Waals surface area contributed by atoms with Gasteiger partial charge in [0.05, 0.1) is 0 Å². The van der Waals surface area contributed by atoms with Gasteiger partial charge in [0.25, 0.3) is 0 Å². The van der Waals surface area contributed by atoms with Crippen LogP contribution in [0.4, 0.5) is 68.2 Å². The summed E-state index contributed by atoms with van der Waals surface area (Å²) >= 11 is 0. The van der Waals surface area contributed by atoms with E-state index in [0.29, 0.717) is 0 Å². The van der Waals surface area contributed by atoms with Gasteiger partial charge >= 0.3 is 206 Å². The van der Waals surface area contributed by atoms with Crippen LogP contribution in [0.15, 0.2) is 218 Å². The monoisotopic (exact) mass is 967 g/mol. The number of rotatable bonds is 22. The van der Waals surface area contributed by atoms with E-state index in [1.807, 2.05) is 6.92 Å². The van der Waals surface area contributed by atoms with E-state index in [0.717, 1.165) is 93.0 Å². The molecule has 0 heterocycles. The van der Waals surface area contributed by atoms with Crippen LogP contribution in [0.5, 0.6) is 0 Å². The van der Waals surface area contributed by atoms with Gasteiger partial charge < -0.3 is 4.90 Å². The Hall–Kier alpha value is -7.89. The number of nitrogens with zero attached hydrogens (tertiary/aromatic N) is 4. The zero-order valence-corrected chi connectivity index (χ0v) is 44.2. The van der Waals surface area contributed by atoms with Crippen LogP contribution in [0.1, 0.15) is 87.1 Å². The topological polar surface area (TPSA) is 13.0 Å². The first-order valence-corrected chi connectivity index (χ1v) is 27.0. The number of hydrogen-bond donors (Lipinski definition) is 0. The number of aryl methyl sites for hydroxylation is 5. The first-order chi connectivity index (χ1) is 36.3. The minimum absolute atomic E-state index is 1.06. The van der Waals surface area contributed by atoms with Crippen molar-refractivity contribution in [1.29, 1.82) is 0 Å². The standard InChI is InChI=1S/C69H71BN4/c1-7-10-13-54-20-32-60(33-21-54)71(58-28-16-52(4)17-29-58)64-40-48-68(49-41-64)74(63-38-26-57(70-6)27-39-63)69-50-44-66(45-51-69)72(59-30-18-53(5)19-31-59)65-42-46-67(47-43-65)73(61-34-22-55(23-35-61)14-11-8-2)62-36-24-56(25-37-62)15-12-9-3/h16-51H,6-15H2,1-5H3. The molecule has 0 unspecified atom stereocenters. The molecule has 5 heteroatoms. The van der Waals surface area contributed by atoms with Crippen molar-refractivity contribution >= 4 is 87.1 Å². The molecule has 0 radical (unpaired) electrons. The zero-order valence-electron chi connectivity index (χ0n) is 44.2. The SMILES string of the molecule is C=Bc1ccc(N(c2ccc(N(c3ccc(C)cc3)c3ccc(CCCC)cc3)cc2)c2ccc(N(c3ccc(C)cc3)c3ccc(N(c4ccc(CCCC)cc4)c4ccc(CCCC)cc4)cc3)cc2)cc1. The maximum absolute atomic E-state index is 4.04. The molecular weight excluding hydrogens is 896 g/mol. The zero-order chi connectivity index (χ0) is 51.2. The summed E-state index contributed by atoms with van der Waals surface area (Å²) < 4.78 is 0. The molecule has 0 aliphatic rings. The summed E-state index contributed by atoms with van der Waals surface area (Å²) in [6, 6.07) is 80.7. The molecule has 0 bridgehead atoms. The van der Waals surface area contributed by atoms with Crippen LogP contribution in [0.25, 0.3) is 0 Å². The summed E-state index contributed by atoms with van der Waals surface area (Å²) in [7, 11) is 0. The molecule has 9 aromatic carbocycles. The average Bonchev–Trinajstić information content (AvgIpc) is 3.45. The van der Waals surface area contributed by atoms with E-state index >= 15 is 0 Å². The molecule has 0 aliphatic heterocycles. The first kappa shape index (κ1) is 51.0. The molecule has 0 saturated carbocycles. The van der Waals surface area contributed by atoms with Crippen LogP contribution < -0.4 is 25.1 Å². The fourth-order valence-corrected chi connectivity index (χ4v) is 9.77. The molecule has 370 valence electrons. The van der Waals surface area contributed by atoms with Crippen molar-refractivity contribution in [2.75, 3.05) is 19.6 Å². The van der Waals surface area contributed by atoms with Gasteiger partial charge in [0.1, 0.15) is 0 Å². The van der Waals surface area contributed by atoms with Gasteiger partial charge in [0.2, 0.25) is 0 Å². The molecule has 74 heavy (non-hydrogen) atoms. The Labute approximate surface area is 443 Å². The first-order valence-electron chi connectivity index (χ1n) is 27.0. The van der Waals surface area contributed by atoms with E-state index in [1.54, 1.807) is 0 Å². The molecule has 0 fully saturated rings. The van der Waals surface area contributed by atoms with E-state index in [-0.39, 0.29) is 0 Å². The molecular formula is C69H71BN4. The van der Waals surface area contributed by atoms with Crippen molar-refractivity contribution in [3.05, 3.63) is 246 Å². The third kappa shape index (κ3) is 12.3. The van der Waals surface area contributed by atoms with Crippen LogP contribution in [-0.2, 0) is 19.3 Å². The van der Waals surface area contributed by atoms with Gasteiger partial charge in [-0.05, 0) is 105 Å². The third-order valence-corrected chi connectivity index (χ3v) is 14.1. The quantitative estimate of drug-likeness (QED) is 0.0628. The summed E-state index contributed by atoms with van der Waals surface area (Å²) in [4.78, 5) is 9.43. The molecule has 0 N–H and O–H groups in total. The number of anilines is 12. The molecule has 0 spiro atoms. The van der Waals surface area contributed by atoms with Crippen LogP contribution in [-0.4, -0.2) is 13.4 Å². The molecule has 9 rings (SSSR count). The summed E-state index contributed by atoms with van der Waals surface area (Å²) in [5, 5.41) is 0. The summed E-state index contributed by atoms with van der Waals surface area (Å²) in [5.41, 5.74) is 20.9. The van der Waals surface area contributed by atoms with E-state index in [2.05, 4.69) is 279 Å². The van der Waals surface area contributed by atoms with Crippen molar-refractivity contribution in [2.24, 2.45) is 0 Å². The van der Waals surface area contributed by atoms with Gasteiger partial charge in [-0.15, -0.1) is 0 Å². The molecule has 9 aromatic rings. The van der Waals surface area contributed by atoms with Gasteiger partial charge in [-0.2, -0.15) is 0 Å². The molecule has 0 saturated heterocycles. The van der Waals surface area contributed by atoms with Crippen molar-refractivity contribution < 1.29 is 0 Å². The fourth-order valence-electron chi connectivity index (χ4n) is 9.77. The Morgan fingerprint density at radius 3 is 0.635 bits per heavy atom. The van der Waals surface area contributed by atoms with Gasteiger partial charge in [-0.3, -0.25) is 0 Å². The van der Waals surface area contributed by atoms with Crippen molar-refractivity contribution in [1.82, 2.24) is 0 Å². The van der Waals surface area contributed by atoms with E-state index < -0.39 is 0 Å². The van der Waals surface area contributed by atoms with Gasteiger partial charge in [-0.25, -0.2) is 0 Å². The van der Waals surface area contributed by atoms with Gasteiger partial charge in [0, 0.05) is 17.1 Å². The van der Waals surface area contributed by atoms with Gasteiger partial charge in [0.15, 0.2) is 0 Å². The summed E-state index contributed by atoms with van der Waals surface area (Å²) in [5.74, 6) is 0. The average molecular weight is 967 g/mol. The van der Waals surface area contributed by atoms with E-state index in [9.17, 15) is 0 Å². The number of unbranched alkanes of at least 4 members (excludes halogenated alkanes) is 3. The van der Waals surface area contributed by atoms with Crippen LogP contribution in [0.2, 0.25) is 0 Å². The van der Waals surface area contributed by atoms with Crippen LogP contribution in [0, 0.1) is 13.8 Å². The molecule has 0 aromatic heterocycles. The third-order valence-electron chi connectivity index (χ3n) is 14.1. The number of benzene rings is 9. The second-order valence-electron chi connectivity index (χ2n) is 19.7. The predicted octanol–water partition coefficient (Wildman–Crippen LogP) is 19.0. The molecule has 4 nitrogen and oxygen atoms in total. The predicted molar refractivity (Wildman–Crippen MR) is 323 cm³/mol. The Balaban J connectivity index is 1.06. The molecule has 0 aliphatic carbocycles. The summed E-state index contributed by atoms with van der Waals surface area (Å²) in [6.45, 7) is 17.0.